The number of phosphoric acid groups is 2. The molecule has 0 aromatic rings. The summed E-state index contributed by atoms with van der Waals surface area (Å²) in [5, 5.41) is 10.6. The number of rotatable bonds is 79. The first kappa shape index (κ1) is 96.1. The molecule has 0 aliphatic heterocycles. The van der Waals surface area contributed by atoms with Crippen molar-refractivity contribution in [2.24, 2.45) is 5.92 Å². The van der Waals surface area contributed by atoms with E-state index in [0.29, 0.717) is 25.7 Å². The molecule has 19 heteroatoms. The first-order valence-electron chi connectivity index (χ1n) is 41.1. The highest BCUT2D eigenvalue weighted by Crippen LogP contribution is 2.45. The Morgan fingerprint density at radius 1 is 0.276 bits per heavy atom. The van der Waals surface area contributed by atoms with Gasteiger partial charge in [-0.2, -0.15) is 0 Å². The van der Waals surface area contributed by atoms with Gasteiger partial charge in [0.2, 0.25) is 0 Å². The lowest BCUT2D eigenvalue weighted by atomic mass is 10.0. The van der Waals surface area contributed by atoms with E-state index in [0.717, 1.165) is 102 Å². The van der Waals surface area contributed by atoms with Crippen LogP contribution in [0, 0.1) is 5.92 Å². The minimum Gasteiger partial charge on any atom is -0.462 e. The summed E-state index contributed by atoms with van der Waals surface area (Å²) in [6, 6.07) is 0. The Balaban J connectivity index is 5.20. The minimum absolute atomic E-state index is 0.108. The lowest BCUT2D eigenvalue weighted by Crippen LogP contribution is -2.30. The normalized spacial score (nSPS) is 13.9. The number of aliphatic hydroxyl groups excluding tert-OH is 1. The first-order valence-corrected chi connectivity index (χ1v) is 44.1. The maximum atomic E-state index is 13.1. The Morgan fingerprint density at radius 3 is 0.694 bits per heavy atom. The van der Waals surface area contributed by atoms with Crippen molar-refractivity contribution in [2.75, 3.05) is 39.6 Å². The molecule has 0 saturated carbocycles. The summed E-state index contributed by atoms with van der Waals surface area (Å²) in [6.45, 7) is 7.32. The summed E-state index contributed by atoms with van der Waals surface area (Å²) in [5.41, 5.74) is 0. The van der Waals surface area contributed by atoms with Crippen LogP contribution in [0.3, 0.4) is 0 Å². The lowest BCUT2D eigenvalue weighted by Gasteiger charge is -2.21. The summed E-state index contributed by atoms with van der Waals surface area (Å²) < 4.78 is 68.6. The SMILES string of the molecule is CCCCCCCCCCCCCCCCCCCCC(=O)OC[C@H](COP(=O)(O)OC[C@@H](O)COP(=O)(O)OC[C@@H](COC(=O)CCCCCCCCCC)OC(=O)CCCCCCCCCCCCCCC)OC(=O)CCCCCCCCCCCCCCCCCCC(C)C. The number of esters is 4. The van der Waals surface area contributed by atoms with Gasteiger partial charge in [-0.15, -0.1) is 0 Å². The number of hydrogen-bond acceptors (Lipinski definition) is 15. The van der Waals surface area contributed by atoms with Crippen molar-refractivity contribution >= 4 is 39.5 Å². The topological polar surface area (TPSA) is 237 Å². The monoisotopic (exact) mass is 1440 g/mol. The summed E-state index contributed by atoms with van der Waals surface area (Å²) in [4.78, 5) is 72.8. The van der Waals surface area contributed by atoms with Gasteiger partial charge in [-0.05, 0) is 31.6 Å². The van der Waals surface area contributed by atoms with E-state index in [2.05, 4.69) is 34.6 Å². The van der Waals surface area contributed by atoms with Crippen LogP contribution < -0.4 is 0 Å². The third kappa shape index (κ3) is 72.4. The maximum Gasteiger partial charge on any atom is 0.472 e. The van der Waals surface area contributed by atoms with E-state index >= 15 is 0 Å². The predicted octanol–water partition coefficient (Wildman–Crippen LogP) is 23.6. The molecule has 0 spiro atoms. The van der Waals surface area contributed by atoms with Crippen molar-refractivity contribution in [1.82, 2.24) is 0 Å². The van der Waals surface area contributed by atoms with Crippen molar-refractivity contribution in [3.05, 3.63) is 0 Å². The van der Waals surface area contributed by atoms with Gasteiger partial charge in [-0.3, -0.25) is 37.3 Å². The third-order valence-corrected chi connectivity index (χ3v) is 20.4. The van der Waals surface area contributed by atoms with Gasteiger partial charge in [0.25, 0.3) is 0 Å². The van der Waals surface area contributed by atoms with Gasteiger partial charge in [0.1, 0.15) is 19.3 Å². The van der Waals surface area contributed by atoms with Gasteiger partial charge in [-0.1, -0.05) is 369 Å². The summed E-state index contributed by atoms with van der Waals surface area (Å²) >= 11 is 0. The molecule has 582 valence electrons. The highest BCUT2D eigenvalue weighted by Gasteiger charge is 2.30. The second-order valence-electron chi connectivity index (χ2n) is 28.9. The van der Waals surface area contributed by atoms with E-state index in [1.807, 2.05) is 0 Å². The molecule has 0 aromatic carbocycles. The standard InChI is InChI=1S/C79H154O17P2/c1-6-9-12-15-18-21-23-25-26-27-28-32-36-39-43-48-53-58-63-77(82)90-69-75(96-79(84)65-60-55-50-45-41-37-33-30-29-31-35-38-42-46-51-56-61-72(4)5)71-94-98(87,88)92-67-73(80)66-91-97(85,86)93-70-74(68-89-76(81)62-57-52-47-20-17-14-11-8-3)95-78(83)64-59-54-49-44-40-34-24-22-19-16-13-10-7-2/h72-75,80H,6-71H2,1-5H3,(H,85,86)(H,87,88)/t73-,74+,75+/m0/s1. The van der Waals surface area contributed by atoms with Crippen molar-refractivity contribution in [3.8, 4) is 0 Å². The molecule has 0 fully saturated rings. The number of hydrogen-bond donors (Lipinski definition) is 3. The number of unbranched alkanes of at least 4 members (excludes halogenated alkanes) is 51. The largest absolute Gasteiger partial charge is 0.472 e. The highest BCUT2D eigenvalue weighted by molar-refractivity contribution is 7.47. The number of ether oxygens (including phenoxy) is 4. The summed E-state index contributed by atoms with van der Waals surface area (Å²) in [5.74, 6) is -1.30. The van der Waals surface area contributed by atoms with Crippen LogP contribution in [0.25, 0.3) is 0 Å². The number of carbonyl (C=O) groups is 4. The van der Waals surface area contributed by atoms with Crippen molar-refractivity contribution < 1.29 is 80.2 Å². The van der Waals surface area contributed by atoms with Crippen LogP contribution in [-0.4, -0.2) is 96.7 Å². The molecule has 2 unspecified atom stereocenters. The quantitative estimate of drug-likeness (QED) is 0.0222. The molecular weight excluding hydrogens is 1280 g/mol. The average molecular weight is 1440 g/mol. The van der Waals surface area contributed by atoms with Crippen LogP contribution in [0.15, 0.2) is 0 Å². The molecule has 17 nitrogen and oxygen atoms in total. The van der Waals surface area contributed by atoms with E-state index in [-0.39, 0.29) is 25.7 Å². The molecule has 0 saturated heterocycles. The van der Waals surface area contributed by atoms with Crippen LogP contribution in [0.4, 0.5) is 0 Å². The molecule has 0 radical (unpaired) electrons. The molecule has 0 aliphatic carbocycles. The van der Waals surface area contributed by atoms with E-state index in [4.69, 9.17) is 37.0 Å². The van der Waals surface area contributed by atoms with E-state index in [9.17, 15) is 43.2 Å². The maximum absolute atomic E-state index is 13.1. The molecule has 0 heterocycles. The zero-order valence-electron chi connectivity index (χ0n) is 63.9. The molecule has 0 rings (SSSR count). The van der Waals surface area contributed by atoms with Crippen molar-refractivity contribution in [3.63, 3.8) is 0 Å². The summed E-state index contributed by atoms with van der Waals surface area (Å²) in [7, 11) is -9.91. The number of aliphatic hydroxyl groups is 1. The van der Waals surface area contributed by atoms with Crippen LogP contribution in [-0.2, 0) is 65.4 Å². The zero-order valence-corrected chi connectivity index (χ0v) is 65.7. The second kappa shape index (κ2) is 72.0. The highest BCUT2D eigenvalue weighted by atomic mass is 31.2. The number of carbonyl (C=O) groups excluding carboxylic acids is 4. The third-order valence-electron chi connectivity index (χ3n) is 18.5. The minimum atomic E-state index is -4.96. The van der Waals surface area contributed by atoms with Crippen LogP contribution in [0.1, 0.15) is 420 Å². The van der Waals surface area contributed by atoms with Crippen molar-refractivity contribution in [1.29, 1.82) is 0 Å². The Morgan fingerprint density at radius 2 is 0.469 bits per heavy atom. The van der Waals surface area contributed by atoms with Crippen molar-refractivity contribution in [2.45, 2.75) is 438 Å². The van der Waals surface area contributed by atoms with Crippen LogP contribution in [0.5, 0.6) is 0 Å². The fourth-order valence-electron chi connectivity index (χ4n) is 12.2. The molecule has 98 heavy (non-hydrogen) atoms. The fraction of sp³-hybridized carbons (Fsp3) is 0.949. The lowest BCUT2D eigenvalue weighted by molar-refractivity contribution is -0.161. The van der Waals surface area contributed by atoms with Gasteiger partial charge in [0, 0.05) is 25.7 Å². The second-order valence-corrected chi connectivity index (χ2v) is 31.8. The smallest absolute Gasteiger partial charge is 0.462 e. The molecular formula is C79H154O17P2. The molecule has 3 N–H and O–H groups in total. The average Bonchev–Trinajstić information content (AvgIpc) is 1.13. The summed E-state index contributed by atoms with van der Waals surface area (Å²) in [6.07, 6.45) is 62.5. The van der Waals surface area contributed by atoms with E-state index in [1.165, 1.54) is 238 Å². The van der Waals surface area contributed by atoms with E-state index in [1.54, 1.807) is 0 Å². The molecule has 0 aromatic heterocycles. The van der Waals surface area contributed by atoms with Crippen LogP contribution >= 0.6 is 15.6 Å². The van der Waals surface area contributed by atoms with E-state index < -0.39 is 97.5 Å². The van der Waals surface area contributed by atoms with Crippen LogP contribution in [0.2, 0.25) is 0 Å². The Bertz CT molecular complexity index is 1870. The molecule has 0 bridgehead atoms. The van der Waals surface area contributed by atoms with Gasteiger partial charge in [0.15, 0.2) is 12.2 Å². The predicted molar refractivity (Wildman–Crippen MR) is 400 cm³/mol. The fourth-order valence-corrected chi connectivity index (χ4v) is 13.8. The number of phosphoric ester groups is 2. The Hall–Kier alpha value is -1.94. The first-order chi connectivity index (χ1) is 47.5. The van der Waals surface area contributed by atoms with Gasteiger partial charge in [0.05, 0.1) is 26.4 Å². The Labute approximate surface area is 600 Å². The molecule has 0 aliphatic rings. The zero-order chi connectivity index (χ0) is 71.9. The van der Waals surface area contributed by atoms with Gasteiger partial charge < -0.3 is 33.8 Å². The Kier molecular flexibility index (Phi) is 70.6. The van der Waals surface area contributed by atoms with Gasteiger partial charge >= 0.3 is 39.5 Å². The molecule has 0 amide bonds. The molecule has 5 atom stereocenters. The van der Waals surface area contributed by atoms with Gasteiger partial charge in [-0.25, -0.2) is 9.13 Å².